The Morgan fingerprint density at radius 2 is 1.80 bits per heavy atom. The fraction of sp³-hybridized carbons (Fsp3) is 0.333. The standard InChI is InChI=1S/C21H26N6O2S/c1-17(19-6-3-4-7-20(19)27-11-5-10-23-27)24-21-9-8-18(16-22-21)30(28,29)26-14-12-25(2)13-15-26/h3-11,16-17H,12-15H2,1-2H3,(H,22,24). The summed E-state index contributed by atoms with van der Waals surface area (Å²) in [6.45, 7) is 4.51. The molecular weight excluding hydrogens is 400 g/mol. The summed E-state index contributed by atoms with van der Waals surface area (Å²) in [6.07, 6.45) is 5.08. The molecule has 0 spiro atoms. The number of anilines is 1. The third-order valence-corrected chi connectivity index (χ3v) is 7.24. The summed E-state index contributed by atoms with van der Waals surface area (Å²) in [5.74, 6) is 0.620. The normalized spacial score (nSPS) is 17.0. The summed E-state index contributed by atoms with van der Waals surface area (Å²) in [4.78, 5) is 6.71. The molecule has 1 atom stereocenters. The quantitative estimate of drug-likeness (QED) is 0.652. The second-order valence-corrected chi connectivity index (χ2v) is 9.40. The first-order chi connectivity index (χ1) is 14.4. The number of nitrogens with zero attached hydrogens (tertiary/aromatic N) is 5. The Hall–Kier alpha value is -2.75. The summed E-state index contributed by atoms with van der Waals surface area (Å²) >= 11 is 0. The number of hydrogen-bond acceptors (Lipinski definition) is 6. The molecule has 2 aromatic heterocycles. The van der Waals surface area contributed by atoms with Crippen LogP contribution in [0.15, 0.2) is 66.0 Å². The summed E-state index contributed by atoms with van der Waals surface area (Å²) in [5.41, 5.74) is 2.05. The maximum Gasteiger partial charge on any atom is 0.244 e. The average molecular weight is 427 g/mol. The van der Waals surface area contributed by atoms with Gasteiger partial charge in [-0.1, -0.05) is 18.2 Å². The van der Waals surface area contributed by atoms with Crippen LogP contribution in [0.2, 0.25) is 0 Å². The molecule has 30 heavy (non-hydrogen) atoms. The Labute approximate surface area is 177 Å². The van der Waals surface area contributed by atoms with E-state index < -0.39 is 10.0 Å². The summed E-state index contributed by atoms with van der Waals surface area (Å²) in [7, 11) is -1.52. The van der Waals surface area contributed by atoms with Crippen LogP contribution in [0.4, 0.5) is 5.82 Å². The zero-order valence-electron chi connectivity index (χ0n) is 17.1. The van der Waals surface area contributed by atoms with Crippen molar-refractivity contribution in [3.63, 3.8) is 0 Å². The first-order valence-corrected chi connectivity index (χ1v) is 11.4. The molecule has 8 nitrogen and oxygen atoms in total. The third-order valence-electron chi connectivity index (χ3n) is 5.36. The van der Waals surface area contributed by atoms with Crippen LogP contribution in [0.25, 0.3) is 5.69 Å². The van der Waals surface area contributed by atoms with Crippen molar-refractivity contribution < 1.29 is 8.42 Å². The molecule has 158 valence electrons. The number of piperazine rings is 1. The Bertz CT molecular complexity index is 1070. The van der Waals surface area contributed by atoms with Gasteiger partial charge in [-0.2, -0.15) is 9.40 Å². The molecular formula is C21H26N6O2S. The van der Waals surface area contributed by atoms with Gasteiger partial charge in [0.2, 0.25) is 10.0 Å². The van der Waals surface area contributed by atoms with E-state index in [2.05, 4.69) is 20.3 Å². The molecule has 0 saturated carbocycles. The molecule has 1 saturated heterocycles. The number of pyridine rings is 1. The van der Waals surface area contributed by atoms with Crippen molar-refractivity contribution in [3.05, 3.63) is 66.6 Å². The zero-order valence-corrected chi connectivity index (χ0v) is 18.0. The van der Waals surface area contributed by atoms with E-state index in [4.69, 9.17) is 0 Å². The number of aromatic nitrogens is 3. The number of rotatable bonds is 6. The fourth-order valence-corrected chi connectivity index (χ4v) is 4.94. The molecule has 1 aliphatic heterocycles. The van der Waals surface area contributed by atoms with E-state index in [0.717, 1.165) is 24.3 Å². The van der Waals surface area contributed by atoms with Gasteiger partial charge in [-0.15, -0.1) is 0 Å². The van der Waals surface area contributed by atoms with Crippen LogP contribution in [0.1, 0.15) is 18.5 Å². The van der Waals surface area contributed by atoms with E-state index in [9.17, 15) is 8.42 Å². The third kappa shape index (κ3) is 4.23. The molecule has 0 amide bonds. The number of likely N-dealkylation sites (N-methyl/N-ethyl adjacent to an activating group) is 1. The molecule has 0 aliphatic carbocycles. The number of nitrogens with one attached hydrogen (secondary N) is 1. The number of para-hydroxylation sites is 1. The monoisotopic (exact) mass is 426 g/mol. The van der Waals surface area contributed by atoms with Crippen molar-refractivity contribution >= 4 is 15.8 Å². The van der Waals surface area contributed by atoms with Crippen LogP contribution in [0.3, 0.4) is 0 Å². The second-order valence-electron chi connectivity index (χ2n) is 7.46. The fourth-order valence-electron chi connectivity index (χ4n) is 3.57. The van der Waals surface area contributed by atoms with Gasteiger partial charge >= 0.3 is 0 Å². The van der Waals surface area contributed by atoms with Crippen LogP contribution in [-0.2, 0) is 10.0 Å². The molecule has 1 unspecified atom stereocenters. The first kappa shape index (κ1) is 20.5. The second kappa shape index (κ2) is 8.55. The minimum Gasteiger partial charge on any atom is -0.363 e. The minimum atomic E-state index is -3.51. The molecule has 0 bridgehead atoms. The van der Waals surface area contributed by atoms with Crippen molar-refractivity contribution in [2.75, 3.05) is 38.5 Å². The lowest BCUT2D eigenvalue weighted by molar-refractivity contribution is 0.222. The van der Waals surface area contributed by atoms with E-state index in [1.807, 2.05) is 55.2 Å². The molecule has 4 rings (SSSR count). The highest BCUT2D eigenvalue weighted by Crippen LogP contribution is 2.25. The molecule has 1 N–H and O–H groups in total. The van der Waals surface area contributed by atoms with Crippen molar-refractivity contribution in [2.24, 2.45) is 0 Å². The largest absolute Gasteiger partial charge is 0.363 e. The van der Waals surface area contributed by atoms with Gasteiger partial charge in [0, 0.05) is 44.8 Å². The van der Waals surface area contributed by atoms with Crippen molar-refractivity contribution in [1.29, 1.82) is 0 Å². The van der Waals surface area contributed by atoms with Gasteiger partial charge in [0.25, 0.3) is 0 Å². The van der Waals surface area contributed by atoms with Gasteiger partial charge in [0.15, 0.2) is 0 Å². The van der Waals surface area contributed by atoms with Crippen molar-refractivity contribution in [2.45, 2.75) is 17.9 Å². The maximum atomic E-state index is 12.9. The van der Waals surface area contributed by atoms with Crippen molar-refractivity contribution in [3.8, 4) is 5.69 Å². The van der Waals surface area contributed by atoms with E-state index in [0.29, 0.717) is 18.9 Å². The van der Waals surface area contributed by atoms with E-state index in [-0.39, 0.29) is 10.9 Å². The summed E-state index contributed by atoms with van der Waals surface area (Å²) in [6, 6.07) is 13.2. The Morgan fingerprint density at radius 1 is 1.03 bits per heavy atom. The Kier molecular flexibility index (Phi) is 5.85. The topological polar surface area (TPSA) is 83.4 Å². The first-order valence-electron chi connectivity index (χ1n) is 9.95. The van der Waals surface area contributed by atoms with Crippen LogP contribution in [-0.4, -0.2) is 65.6 Å². The lowest BCUT2D eigenvalue weighted by atomic mass is 10.1. The molecule has 3 heterocycles. The van der Waals surface area contributed by atoms with Gasteiger partial charge in [-0.3, -0.25) is 0 Å². The van der Waals surface area contributed by atoms with Crippen LogP contribution in [0.5, 0.6) is 0 Å². The zero-order chi connectivity index (χ0) is 21.1. The maximum absolute atomic E-state index is 12.9. The highest BCUT2D eigenvalue weighted by molar-refractivity contribution is 7.89. The Balaban J connectivity index is 1.49. The smallest absolute Gasteiger partial charge is 0.244 e. The molecule has 1 aliphatic rings. The van der Waals surface area contributed by atoms with E-state index in [1.54, 1.807) is 18.3 Å². The molecule has 1 fully saturated rings. The summed E-state index contributed by atoms with van der Waals surface area (Å²) in [5, 5.41) is 7.68. The predicted molar refractivity (Wildman–Crippen MR) is 116 cm³/mol. The lowest BCUT2D eigenvalue weighted by Crippen LogP contribution is -2.47. The number of sulfonamides is 1. The van der Waals surface area contributed by atoms with Crippen LogP contribution >= 0.6 is 0 Å². The van der Waals surface area contributed by atoms with Gasteiger partial charge in [-0.25, -0.2) is 18.1 Å². The van der Waals surface area contributed by atoms with Crippen molar-refractivity contribution in [1.82, 2.24) is 24.0 Å². The van der Waals surface area contributed by atoms with Crippen LogP contribution in [0, 0.1) is 0 Å². The molecule has 3 aromatic rings. The molecule has 0 radical (unpaired) electrons. The van der Waals surface area contributed by atoms with E-state index in [1.165, 1.54) is 10.5 Å². The lowest BCUT2D eigenvalue weighted by Gasteiger charge is -2.31. The van der Waals surface area contributed by atoms with Gasteiger partial charge < -0.3 is 10.2 Å². The summed E-state index contributed by atoms with van der Waals surface area (Å²) < 4.78 is 29.1. The van der Waals surface area contributed by atoms with E-state index >= 15 is 0 Å². The molecule has 1 aromatic carbocycles. The Morgan fingerprint density at radius 3 is 2.47 bits per heavy atom. The highest BCUT2D eigenvalue weighted by atomic mass is 32.2. The van der Waals surface area contributed by atoms with Gasteiger partial charge in [0.1, 0.15) is 10.7 Å². The molecule has 9 heteroatoms. The number of hydrogen-bond donors (Lipinski definition) is 1. The average Bonchev–Trinajstić information content (AvgIpc) is 3.29. The SMILES string of the molecule is CC(Nc1ccc(S(=O)(=O)N2CCN(C)CC2)cn1)c1ccccc1-n1cccn1. The van der Waals surface area contributed by atoms with Crippen LogP contribution < -0.4 is 5.32 Å². The van der Waals surface area contributed by atoms with Gasteiger partial charge in [-0.05, 0) is 43.8 Å². The van der Waals surface area contributed by atoms with Gasteiger partial charge in [0.05, 0.1) is 11.7 Å². The highest BCUT2D eigenvalue weighted by Gasteiger charge is 2.27. The predicted octanol–water partition coefficient (Wildman–Crippen LogP) is 2.38. The minimum absolute atomic E-state index is 0.0435. The number of benzene rings is 1.